The summed E-state index contributed by atoms with van der Waals surface area (Å²) < 4.78 is -0.647. The molecule has 0 spiro atoms. The van der Waals surface area contributed by atoms with E-state index in [1.54, 1.807) is 38.1 Å². The number of ketones is 1. The number of Topliss-reactive ketones (excluding diaryl/α,β-unsaturated/α-hetero) is 1. The summed E-state index contributed by atoms with van der Waals surface area (Å²) in [6.07, 6.45) is 5.51. The Morgan fingerprint density at radius 2 is 1.97 bits per heavy atom. The van der Waals surface area contributed by atoms with Crippen molar-refractivity contribution in [3.8, 4) is 12.3 Å². The molecule has 8 heteroatoms. The molecule has 0 saturated carbocycles. The van der Waals surface area contributed by atoms with E-state index in [1.807, 2.05) is 6.07 Å². The van der Waals surface area contributed by atoms with E-state index in [0.29, 0.717) is 5.56 Å². The van der Waals surface area contributed by atoms with Crippen molar-refractivity contribution in [1.82, 2.24) is 10.2 Å². The molecule has 3 rings (SSSR count). The van der Waals surface area contributed by atoms with Gasteiger partial charge in [0.05, 0.1) is 11.3 Å². The zero-order valence-corrected chi connectivity index (χ0v) is 17.6. The number of rotatable bonds is 8. The van der Waals surface area contributed by atoms with Crippen molar-refractivity contribution in [3.63, 3.8) is 0 Å². The smallest absolute Gasteiger partial charge is 0.327 e. The summed E-state index contributed by atoms with van der Waals surface area (Å²) in [5.41, 5.74) is 0.628. The predicted octanol–water partition coefficient (Wildman–Crippen LogP) is 1.98. The monoisotopic (exact) mass is 428 g/mol. The Balaban J connectivity index is 1.75. The molecule has 2 fully saturated rings. The third-order valence-corrected chi connectivity index (χ3v) is 7.09. The fourth-order valence-corrected chi connectivity index (χ4v) is 5.71. The minimum atomic E-state index is -1.05. The highest BCUT2D eigenvalue weighted by Crippen LogP contribution is 2.54. The quantitative estimate of drug-likeness (QED) is 0.485. The molecule has 158 valence electrons. The summed E-state index contributed by atoms with van der Waals surface area (Å²) in [6.45, 7) is 3.58. The van der Waals surface area contributed by atoms with Crippen molar-refractivity contribution in [2.75, 3.05) is 0 Å². The predicted molar refractivity (Wildman–Crippen MR) is 112 cm³/mol. The summed E-state index contributed by atoms with van der Waals surface area (Å²) >= 11 is 1.40. The Hall–Kier alpha value is -2.79. The SMILES string of the molecule is C#CCCC(=O)N[C@@H](C(=O)C[C@@H]1C(=O)N2[C@@H]1SC(C)(C)[C@@H]2C(=O)O)c1ccccc1. The molecular weight excluding hydrogens is 404 g/mol. The van der Waals surface area contributed by atoms with Gasteiger partial charge in [-0.2, -0.15) is 0 Å². The molecule has 1 aromatic carbocycles. The van der Waals surface area contributed by atoms with Gasteiger partial charge in [0.15, 0.2) is 5.78 Å². The second-order valence-corrected chi connectivity index (χ2v) is 9.76. The molecule has 2 amide bonds. The first kappa shape index (κ1) is 21.9. The van der Waals surface area contributed by atoms with E-state index < -0.39 is 28.7 Å². The molecule has 2 aliphatic heterocycles. The largest absolute Gasteiger partial charge is 0.480 e. The summed E-state index contributed by atoms with van der Waals surface area (Å²) in [5, 5.41) is 11.9. The first-order chi connectivity index (χ1) is 14.2. The standard InChI is InChI=1S/C22H24N2O5S/c1-4-5-11-16(26)23-17(13-9-7-6-8-10-13)15(25)12-14-19(27)24-18(21(28)29)22(2,3)30-20(14)24/h1,6-10,14,17-18,20H,5,11-12H2,2-3H3,(H,23,26)(H,28,29)/t14-,17-,18+,20-/m1/s1. The van der Waals surface area contributed by atoms with Crippen LogP contribution >= 0.6 is 11.8 Å². The number of aliphatic carboxylic acids is 1. The third-order valence-electron chi connectivity index (χ3n) is 5.46. The summed E-state index contributed by atoms with van der Waals surface area (Å²) in [4.78, 5) is 51.0. The second kappa shape index (κ2) is 8.52. The fourth-order valence-electron chi connectivity index (χ4n) is 4.03. The van der Waals surface area contributed by atoms with Crippen molar-refractivity contribution in [1.29, 1.82) is 0 Å². The van der Waals surface area contributed by atoms with Crippen LogP contribution in [0.1, 0.15) is 44.7 Å². The highest BCUT2D eigenvalue weighted by Gasteiger charge is 2.63. The first-order valence-corrected chi connectivity index (χ1v) is 10.6. The van der Waals surface area contributed by atoms with E-state index in [9.17, 15) is 24.3 Å². The topological polar surface area (TPSA) is 104 Å². The molecule has 0 radical (unpaired) electrons. The highest BCUT2D eigenvalue weighted by atomic mass is 32.2. The zero-order valence-electron chi connectivity index (χ0n) is 16.8. The molecule has 2 N–H and O–H groups in total. The highest BCUT2D eigenvalue weighted by molar-refractivity contribution is 8.01. The zero-order chi connectivity index (χ0) is 22.1. The van der Waals surface area contributed by atoms with Gasteiger partial charge in [0.25, 0.3) is 0 Å². The van der Waals surface area contributed by atoms with E-state index in [1.165, 1.54) is 16.7 Å². The number of carbonyl (C=O) groups excluding carboxylic acids is 3. The van der Waals surface area contributed by atoms with E-state index in [0.717, 1.165) is 0 Å². The van der Waals surface area contributed by atoms with Crippen molar-refractivity contribution >= 4 is 35.3 Å². The molecular formula is C22H24N2O5S. The van der Waals surface area contributed by atoms with Crippen molar-refractivity contribution in [3.05, 3.63) is 35.9 Å². The molecule has 0 unspecified atom stereocenters. The van der Waals surface area contributed by atoms with Crippen LogP contribution in [0.4, 0.5) is 0 Å². The molecule has 0 bridgehead atoms. The lowest BCUT2D eigenvalue weighted by Crippen LogP contribution is -2.63. The Morgan fingerprint density at radius 3 is 2.57 bits per heavy atom. The molecule has 7 nitrogen and oxygen atoms in total. The van der Waals surface area contributed by atoms with Gasteiger partial charge < -0.3 is 15.3 Å². The number of terminal acetylenes is 1. The lowest BCUT2D eigenvalue weighted by Gasteiger charge is -2.43. The molecule has 4 atom stereocenters. The van der Waals surface area contributed by atoms with Gasteiger partial charge in [0, 0.05) is 24.0 Å². The maximum absolute atomic E-state index is 13.1. The van der Waals surface area contributed by atoms with Crippen molar-refractivity contribution < 1.29 is 24.3 Å². The molecule has 30 heavy (non-hydrogen) atoms. The summed E-state index contributed by atoms with van der Waals surface area (Å²) in [6, 6.07) is 7.03. The van der Waals surface area contributed by atoms with Crippen molar-refractivity contribution in [2.45, 2.75) is 55.3 Å². The van der Waals surface area contributed by atoms with E-state index in [4.69, 9.17) is 6.42 Å². The number of benzene rings is 1. The number of carboxylic acids is 1. The van der Waals surface area contributed by atoms with Gasteiger partial charge in [-0.1, -0.05) is 30.3 Å². The average molecular weight is 429 g/mol. The number of nitrogens with one attached hydrogen (secondary N) is 1. The third kappa shape index (κ3) is 4.08. The van der Waals surface area contributed by atoms with Crippen LogP contribution in [0.2, 0.25) is 0 Å². The summed E-state index contributed by atoms with van der Waals surface area (Å²) in [7, 11) is 0. The van der Waals surface area contributed by atoms with Crippen LogP contribution in [0.25, 0.3) is 0 Å². The van der Waals surface area contributed by atoms with Crippen LogP contribution in [-0.4, -0.2) is 49.7 Å². The van der Waals surface area contributed by atoms with Crippen molar-refractivity contribution in [2.24, 2.45) is 5.92 Å². The van der Waals surface area contributed by atoms with Gasteiger partial charge >= 0.3 is 5.97 Å². The molecule has 2 aliphatic rings. The normalized spacial score (nSPS) is 24.9. The van der Waals surface area contributed by atoms with Gasteiger partial charge in [-0.3, -0.25) is 14.4 Å². The Labute approximate surface area is 179 Å². The van der Waals surface area contributed by atoms with Crippen LogP contribution in [0.15, 0.2) is 30.3 Å². The van der Waals surface area contributed by atoms with E-state index >= 15 is 0 Å². The van der Waals surface area contributed by atoms with Crippen LogP contribution < -0.4 is 5.32 Å². The van der Waals surface area contributed by atoms with E-state index in [2.05, 4.69) is 11.2 Å². The van der Waals surface area contributed by atoms with Gasteiger partial charge in [0.2, 0.25) is 11.8 Å². The lowest BCUT2D eigenvalue weighted by atomic mass is 9.86. The second-order valence-electron chi connectivity index (χ2n) is 7.99. The number of hydrogen-bond donors (Lipinski definition) is 2. The van der Waals surface area contributed by atoms with Gasteiger partial charge in [-0.05, 0) is 19.4 Å². The van der Waals surface area contributed by atoms with Crippen LogP contribution in [0, 0.1) is 18.3 Å². The minimum absolute atomic E-state index is 0.0651. The molecule has 1 aromatic rings. The number of fused-ring (bicyclic) bond motifs is 1. The van der Waals surface area contributed by atoms with Crippen LogP contribution in [0.5, 0.6) is 0 Å². The maximum atomic E-state index is 13.1. The fraction of sp³-hybridized carbons (Fsp3) is 0.455. The van der Waals surface area contributed by atoms with Gasteiger partial charge in [-0.25, -0.2) is 4.79 Å². The Kier molecular flexibility index (Phi) is 6.22. The van der Waals surface area contributed by atoms with Crippen LogP contribution in [0.3, 0.4) is 0 Å². The molecule has 2 saturated heterocycles. The Morgan fingerprint density at radius 1 is 1.30 bits per heavy atom. The maximum Gasteiger partial charge on any atom is 0.327 e. The van der Waals surface area contributed by atoms with E-state index in [-0.39, 0.29) is 42.2 Å². The number of β-lactam (4-membered cyclic amide) rings is 1. The average Bonchev–Trinajstić information content (AvgIpc) is 2.97. The number of amides is 2. The van der Waals surface area contributed by atoms with Gasteiger partial charge in [-0.15, -0.1) is 24.1 Å². The number of thioether (sulfide) groups is 1. The molecule has 0 aromatic heterocycles. The number of carboxylic acid groups (broad SMARTS) is 1. The Bertz CT molecular complexity index is 908. The first-order valence-electron chi connectivity index (χ1n) is 9.70. The number of hydrogen-bond acceptors (Lipinski definition) is 5. The molecule has 0 aliphatic carbocycles. The van der Waals surface area contributed by atoms with Crippen LogP contribution in [-0.2, 0) is 19.2 Å². The molecule has 2 heterocycles. The summed E-state index contributed by atoms with van der Waals surface area (Å²) in [5.74, 6) is -0.196. The lowest BCUT2D eigenvalue weighted by molar-refractivity contribution is -0.164. The van der Waals surface area contributed by atoms with Gasteiger partial charge in [0.1, 0.15) is 12.1 Å². The minimum Gasteiger partial charge on any atom is -0.480 e. The number of carbonyl (C=O) groups is 4. The number of nitrogens with zero attached hydrogens (tertiary/aromatic N) is 1.